The number of aryl methyl sites for hydroxylation is 2. The lowest BCUT2D eigenvalue weighted by Gasteiger charge is -2.14. The van der Waals surface area contributed by atoms with Crippen molar-refractivity contribution in [1.29, 1.82) is 0 Å². The number of amides is 1. The number of alkyl halides is 3. The van der Waals surface area contributed by atoms with Gasteiger partial charge in [0, 0.05) is 11.1 Å². The Labute approximate surface area is 147 Å². The summed E-state index contributed by atoms with van der Waals surface area (Å²) in [5, 5.41) is 2.63. The van der Waals surface area contributed by atoms with E-state index in [1.807, 2.05) is 18.2 Å². The summed E-state index contributed by atoms with van der Waals surface area (Å²) < 4.78 is 39.2. The normalized spacial score (nSPS) is 11.6. The van der Waals surface area contributed by atoms with Crippen molar-refractivity contribution < 1.29 is 22.8 Å². The number of nitrogens with one attached hydrogen (secondary N) is 1. The summed E-state index contributed by atoms with van der Waals surface area (Å²) in [7, 11) is 0. The van der Waals surface area contributed by atoms with Gasteiger partial charge >= 0.3 is 12.1 Å². The molecular formula is C19H15F3N2O2. The second-order valence-corrected chi connectivity index (χ2v) is 5.99. The van der Waals surface area contributed by atoms with E-state index < -0.39 is 18.0 Å². The van der Waals surface area contributed by atoms with Crippen LogP contribution < -0.4 is 5.32 Å². The molecule has 3 rings (SSSR count). The van der Waals surface area contributed by atoms with Gasteiger partial charge in [0.1, 0.15) is 0 Å². The Morgan fingerprint density at radius 2 is 1.69 bits per heavy atom. The van der Waals surface area contributed by atoms with E-state index in [2.05, 4.69) is 0 Å². The minimum atomic E-state index is -5.04. The van der Waals surface area contributed by atoms with Crippen LogP contribution in [0.1, 0.15) is 21.6 Å². The van der Waals surface area contributed by atoms with Gasteiger partial charge in [0.25, 0.3) is 5.91 Å². The molecule has 26 heavy (non-hydrogen) atoms. The average molecular weight is 360 g/mol. The van der Waals surface area contributed by atoms with Crippen LogP contribution >= 0.6 is 0 Å². The third-order valence-electron chi connectivity index (χ3n) is 4.01. The molecule has 0 fully saturated rings. The first-order valence-electron chi connectivity index (χ1n) is 7.79. The topological polar surface area (TPSA) is 51.1 Å². The fraction of sp³-hybridized carbons (Fsp3) is 0.158. The zero-order valence-corrected chi connectivity index (χ0v) is 14.0. The van der Waals surface area contributed by atoms with Gasteiger partial charge in [-0.1, -0.05) is 29.8 Å². The number of benzene rings is 2. The van der Waals surface area contributed by atoms with Crippen LogP contribution in [0, 0.1) is 13.8 Å². The van der Waals surface area contributed by atoms with Crippen LogP contribution in [-0.2, 0) is 4.79 Å². The molecule has 0 unspecified atom stereocenters. The van der Waals surface area contributed by atoms with E-state index in [9.17, 15) is 22.8 Å². The number of anilines is 1. The average Bonchev–Trinajstić information content (AvgIpc) is 2.90. The molecule has 4 nitrogen and oxygen atoms in total. The predicted molar refractivity (Wildman–Crippen MR) is 92.3 cm³/mol. The van der Waals surface area contributed by atoms with Crippen molar-refractivity contribution in [2.75, 3.05) is 5.32 Å². The molecule has 7 heteroatoms. The van der Waals surface area contributed by atoms with Crippen molar-refractivity contribution >= 4 is 28.4 Å². The van der Waals surface area contributed by atoms with Crippen LogP contribution in [-0.4, -0.2) is 22.6 Å². The molecule has 0 bridgehead atoms. The Morgan fingerprint density at radius 3 is 2.38 bits per heavy atom. The molecule has 0 atom stereocenters. The Bertz CT molecular complexity index is 1020. The molecule has 1 aromatic heterocycles. The lowest BCUT2D eigenvalue weighted by molar-refractivity contribution is -0.167. The number of halogens is 3. The van der Waals surface area contributed by atoms with Crippen molar-refractivity contribution in [3.05, 3.63) is 65.4 Å². The molecule has 2 aromatic carbocycles. The van der Waals surface area contributed by atoms with Crippen LogP contribution in [0.4, 0.5) is 18.9 Å². The van der Waals surface area contributed by atoms with Gasteiger partial charge in [0.2, 0.25) is 0 Å². The molecule has 1 N–H and O–H groups in total. The summed E-state index contributed by atoms with van der Waals surface area (Å²) in [6, 6.07) is 13.3. The molecule has 1 heterocycles. The van der Waals surface area contributed by atoms with Crippen molar-refractivity contribution in [1.82, 2.24) is 4.57 Å². The van der Waals surface area contributed by atoms with E-state index in [1.54, 1.807) is 31.3 Å². The highest BCUT2D eigenvalue weighted by atomic mass is 19.4. The molecule has 0 aliphatic heterocycles. The van der Waals surface area contributed by atoms with E-state index in [4.69, 9.17) is 0 Å². The highest BCUT2D eigenvalue weighted by molar-refractivity contribution is 6.09. The van der Waals surface area contributed by atoms with Crippen molar-refractivity contribution in [2.24, 2.45) is 0 Å². The Hall–Kier alpha value is -3.09. The van der Waals surface area contributed by atoms with Crippen LogP contribution in [0.2, 0.25) is 0 Å². The van der Waals surface area contributed by atoms with E-state index in [0.29, 0.717) is 16.8 Å². The van der Waals surface area contributed by atoms with Crippen molar-refractivity contribution in [3.63, 3.8) is 0 Å². The molecule has 134 valence electrons. The molecule has 3 aromatic rings. The molecule has 0 aliphatic rings. The first-order chi connectivity index (χ1) is 12.2. The molecule has 0 saturated heterocycles. The fourth-order valence-corrected chi connectivity index (χ4v) is 2.82. The van der Waals surface area contributed by atoms with E-state index in [0.717, 1.165) is 5.39 Å². The number of carbonyl (C=O) groups excluding carboxylic acids is 2. The van der Waals surface area contributed by atoms with Crippen LogP contribution in [0.5, 0.6) is 0 Å². The monoisotopic (exact) mass is 360 g/mol. The molecule has 0 aliphatic carbocycles. The van der Waals surface area contributed by atoms with Crippen molar-refractivity contribution in [2.45, 2.75) is 20.0 Å². The maximum Gasteiger partial charge on any atom is 0.471 e. The molecule has 0 saturated carbocycles. The predicted octanol–water partition coefficient (Wildman–Crippen LogP) is 4.45. The number of hydrogen-bond acceptors (Lipinski definition) is 2. The number of nitrogens with zero attached hydrogens (tertiary/aromatic N) is 1. The molecule has 1 amide bonds. The Kier molecular flexibility index (Phi) is 4.31. The minimum Gasteiger partial charge on any atom is -0.317 e. The number of aromatic nitrogens is 1. The molecule has 0 spiro atoms. The summed E-state index contributed by atoms with van der Waals surface area (Å²) in [6.45, 7) is 3.45. The lowest BCUT2D eigenvalue weighted by atomic mass is 10.1. The maximum atomic E-state index is 13.1. The zero-order valence-electron chi connectivity index (χ0n) is 14.0. The van der Waals surface area contributed by atoms with Gasteiger partial charge in [-0.3, -0.25) is 14.2 Å². The highest BCUT2D eigenvalue weighted by Gasteiger charge is 2.39. The van der Waals surface area contributed by atoms with E-state index in [-0.39, 0.29) is 11.3 Å². The van der Waals surface area contributed by atoms with Crippen molar-refractivity contribution in [3.8, 4) is 0 Å². The SMILES string of the molecule is Cc1ccc(NC(=O)C(F)(F)F)c(C(=O)n2c(C)cc3ccccc32)c1. The summed E-state index contributed by atoms with van der Waals surface area (Å²) in [4.78, 5) is 24.4. The molecule has 0 radical (unpaired) electrons. The zero-order chi connectivity index (χ0) is 19.1. The Morgan fingerprint density at radius 1 is 1.00 bits per heavy atom. The highest BCUT2D eigenvalue weighted by Crippen LogP contribution is 2.26. The third kappa shape index (κ3) is 3.20. The smallest absolute Gasteiger partial charge is 0.317 e. The third-order valence-corrected chi connectivity index (χ3v) is 4.01. The van der Waals surface area contributed by atoms with Gasteiger partial charge in [0.05, 0.1) is 16.8 Å². The lowest BCUT2D eigenvalue weighted by Crippen LogP contribution is -2.31. The summed E-state index contributed by atoms with van der Waals surface area (Å²) >= 11 is 0. The second-order valence-electron chi connectivity index (χ2n) is 5.99. The van der Waals surface area contributed by atoms with Crippen LogP contribution in [0.25, 0.3) is 10.9 Å². The maximum absolute atomic E-state index is 13.1. The summed E-state index contributed by atoms with van der Waals surface area (Å²) in [5.74, 6) is -2.63. The van der Waals surface area contributed by atoms with Gasteiger partial charge in [-0.15, -0.1) is 0 Å². The number of carbonyl (C=O) groups is 2. The number of hydrogen-bond donors (Lipinski definition) is 1. The van der Waals surface area contributed by atoms with E-state index in [1.165, 1.54) is 22.8 Å². The summed E-state index contributed by atoms with van der Waals surface area (Å²) in [5.41, 5.74) is 1.79. The quantitative estimate of drug-likeness (QED) is 0.734. The van der Waals surface area contributed by atoms with E-state index >= 15 is 0 Å². The largest absolute Gasteiger partial charge is 0.471 e. The van der Waals surface area contributed by atoms with Crippen LogP contribution in [0.15, 0.2) is 48.5 Å². The van der Waals surface area contributed by atoms with Gasteiger partial charge in [-0.25, -0.2) is 0 Å². The van der Waals surface area contributed by atoms with Gasteiger partial charge < -0.3 is 5.32 Å². The summed E-state index contributed by atoms with van der Waals surface area (Å²) in [6.07, 6.45) is -5.04. The second kappa shape index (κ2) is 6.33. The van der Waals surface area contributed by atoms with Gasteiger partial charge in [0.15, 0.2) is 0 Å². The molecular weight excluding hydrogens is 345 g/mol. The first kappa shape index (κ1) is 17.7. The number of para-hydroxylation sites is 1. The number of fused-ring (bicyclic) bond motifs is 1. The number of rotatable bonds is 2. The Balaban J connectivity index is 2.11. The van der Waals surface area contributed by atoms with Gasteiger partial charge in [-0.05, 0) is 38.1 Å². The van der Waals surface area contributed by atoms with Gasteiger partial charge in [-0.2, -0.15) is 13.2 Å². The first-order valence-corrected chi connectivity index (χ1v) is 7.79. The standard InChI is InChI=1S/C19H15F3N2O2/c1-11-7-8-15(23-18(26)19(20,21)22)14(9-11)17(25)24-12(2)10-13-5-3-4-6-16(13)24/h3-10H,1-2H3,(H,23,26). The minimum absolute atomic E-state index is 0.00736. The van der Waals surface area contributed by atoms with Crippen LogP contribution in [0.3, 0.4) is 0 Å². The fourth-order valence-electron chi connectivity index (χ4n) is 2.82.